The molecule has 7 heteroatoms. The van der Waals surface area contributed by atoms with Crippen molar-refractivity contribution in [1.82, 2.24) is 9.80 Å². The van der Waals surface area contributed by atoms with E-state index in [-0.39, 0.29) is 30.8 Å². The van der Waals surface area contributed by atoms with Gasteiger partial charge in [-0.1, -0.05) is 29.8 Å². The lowest BCUT2D eigenvalue weighted by molar-refractivity contribution is 0.0469. The van der Waals surface area contributed by atoms with E-state index in [1.165, 1.54) is 11.3 Å². The molecule has 2 aromatic carbocycles. The average molecular weight is 416 g/mol. The van der Waals surface area contributed by atoms with Gasteiger partial charge in [-0.2, -0.15) is 0 Å². The van der Waals surface area contributed by atoms with Crippen LogP contribution in [0.2, 0.25) is 0 Å². The van der Waals surface area contributed by atoms with E-state index >= 15 is 0 Å². The van der Waals surface area contributed by atoms with Gasteiger partial charge in [-0.3, -0.25) is 19.4 Å². The number of amides is 2. The zero-order chi connectivity index (χ0) is 19.7. The van der Waals surface area contributed by atoms with Crippen molar-refractivity contribution >= 4 is 29.9 Å². The van der Waals surface area contributed by atoms with Crippen LogP contribution in [0.4, 0.5) is 5.69 Å². The van der Waals surface area contributed by atoms with Crippen LogP contribution < -0.4 is 4.90 Å². The summed E-state index contributed by atoms with van der Waals surface area (Å²) in [5.41, 5.74) is 3.31. The summed E-state index contributed by atoms with van der Waals surface area (Å²) in [5, 5.41) is 10.5. The second kappa shape index (κ2) is 8.95. The van der Waals surface area contributed by atoms with Crippen LogP contribution in [0.15, 0.2) is 48.5 Å². The van der Waals surface area contributed by atoms with Crippen LogP contribution in [-0.4, -0.2) is 72.1 Å². The zero-order valence-electron chi connectivity index (χ0n) is 16.5. The molecule has 1 atom stereocenters. The Morgan fingerprint density at radius 1 is 0.862 bits per heavy atom. The Balaban J connectivity index is 0.00000240. The Kier molecular flexibility index (Phi) is 6.57. The molecule has 1 fully saturated rings. The standard InChI is InChI=1S/C22H25N3O3.ClH/c1-16-6-8-17(9-7-16)24-12-10-23(11-13-24)14-18(26)15-25-21(27)19-4-2-3-5-20(19)22(25)28;/h2-9,18,26H,10-15H2,1H3;1H. The van der Waals surface area contributed by atoms with E-state index in [0.717, 1.165) is 31.1 Å². The van der Waals surface area contributed by atoms with Crippen molar-refractivity contribution in [3.8, 4) is 0 Å². The molecule has 0 radical (unpaired) electrons. The Hall–Kier alpha value is -2.41. The smallest absolute Gasteiger partial charge is 0.261 e. The van der Waals surface area contributed by atoms with Gasteiger partial charge in [-0.15, -0.1) is 12.4 Å². The van der Waals surface area contributed by atoms with Gasteiger partial charge in [0.05, 0.1) is 23.8 Å². The second-order valence-corrected chi connectivity index (χ2v) is 7.54. The maximum Gasteiger partial charge on any atom is 0.261 e. The Morgan fingerprint density at radius 2 is 1.41 bits per heavy atom. The second-order valence-electron chi connectivity index (χ2n) is 7.54. The Bertz CT molecular complexity index is 844. The first-order valence-corrected chi connectivity index (χ1v) is 9.70. The number of aliphatic hydroxyl groups excluding tert-OH is 1. The van der Waals surface area contributed by atoms with Crippen LogP contribution in [0.1, 0.15) is 26.3 Å². The molecule has 6 nitrogen and oxygen atoms in total. The molecule has 2 aliphatic heterocycles. The van der Waals surface area contributed by atoms with Crippen molar-refractivity contribution in [2.45, 2.75) is 13.0 Å². The molecule has 1 N–H and O–H groups in total. The van der Waals surface area contributed by atoms with Gasteiger partial charge in [-0.25, -0.2) is 0 Å². The van der Waals surface area contributed by atoms with Gasteiger partial charge in [0.2, 0.25) is 0 Å². The first-order valence-electron chi connectivity index (χ1n) is 9.70. The summed E-state index contributed by atoms with van der Waals surface area (Å²) in [6.45, 7) is 6.03. The Morgan fingerprint density at radius 3 is 1.97 bits per heavy atom. The highest BCUT2D eigenvalue weighted by Gasteiger charge is 2.36. The molecular weight excluding hydrogens is 390 g/mol. The largest absolute Gasteiger partial charge is 0.390 e. The fraction of sp³-hybridized carbons (Fsp3) is 0.364. The molecule has 0 aliphatic carbocycles. The van der Waals surface area contributed by atoms with Gasteiger partial charge < -0.3 is 10.0 Å². The number of nitrogens with zero attached hydrogens (tertiary/aromatic N) is 3. The minimum absolute atomic E-state index is 0. The number of halogens is 1. The van der Waals surface area contributed by atoms with Crippen molar-refractivity contribution in [1.29, 1.82) is 0 Å². The van der Waals surface area contributed by atoms with E-state index in [1.807, 2.05) is 0 Å². The number of aryl methyl sites for hydroxylation is 1. The summed E-state index contributed by atoms with van der Waals surface area (Å²) in [4.78, 5) is 30.6. The molecule has 0 aromatic heterocycles. The molecule has 0 bridgehead atoms. The third-order valence-corrected chi connectivity index (χ3v) is 5.51. The molecule has 1 unspecified atom stereocenters. The summed E-state index contributed by atoms with van der Waals surface area (Å²) < 4.78 is 0. The maximum atomic E-state index is 12.4. The topological polar surface area (TPSA) is 64.1 Å². The third-order valence-electron chi connectivity index (χ3n) is 5.51. The fourth-order valence-electron chi connectivity index (χ4n) is 3.92. The van der Waals surface area contributed by atoms with Crippen molar-refractivity contribution in [2.75, 3.05) is 44.2 Å². The quantitative estimate of drug-likeness (QED) is 0.758. The average Bonchev–Trinajstić information content (AvgIpc) is 2.94. The van der Waals surface area contributed by atoms with Crippen molar-refractivity contribution in [3.05, 3.63) is 65.2 Å². The van der Waals surface area contributed by atoms with E-state index in [4.69, 9.17) is 0 Å². The number of piperazine rings is 1. The van der Waals surface area contributed by atoms with Gasteiger partial charge in [0, 0.05) is 38.4 Å². The predicted octanol–water partition coefficient (Wildman–Crippen LogP) is 2.20. The van der Waals surface area contributed by atoms with E-state index in [9.17, 15) is 14.7 Å². The molecule has 2 aromatic rings. The fourth-order valence-corrected chi connectivity index (χ4v) is 3.92. The molecule has 29 heavy (non-hydrogen) atoms. The zero-order valence-corrected chi connectivity index (χ0v) is 17.3. The van der Waals surface area contributed by atoms with Crippen molar-refractivity contribution in [3.63, 3.8) is 0 Å². The van der Waals surface area contributed by atoms with Crippen LogP contribution in [0.5, 0.6) is 0 Å². The normalized spacial score (nSPS) is 17.9. The molecule has 4 rings (SSSR count). The number of rotatable bonds is 5. The minimum Gasteiger partial charge on any atom is -0.390 e. The molecule has 1 saturated heterocycles. The summed E-state index contributed by atoms with van der Waals surface area (Å²) in [5.74, 6) is -0.632. The lowest BCUT2D eigenvalue weighted by atomic mass is 10.1. The number of carbonyl (C=O) groups excluding carboxylic acids is 2. The number of hydrogen-bond donors (Lipinski definition) is 1. The van der Waals surface area contributed by atoms with Gasteiger partial charge in [0.1, 0.15) is 0 Å². The van der Waals surface area contributed by atoms with E-state index in [2.05, 4.69) is 41.0 Å². The van der Waals surface area contributed by atoms with E-state index < -0.39 is 6.10 Å². The molecule has 154 valence electrons. The van der Waals surface area contributed by atoms with Crippen molar-refractivity contribution in [2.24, 2.45) is 0 Å². The Labute approximate surface area is 177 Å². The van der Waals surface area contributed by atoms with E-state index in [0.29, 0.717) is 17.7 Å². The van der Waals surface area contributed by atoms with E-state index in [1.54, 1.807) is 24.3 Å². The van der Waals surface area contributed by atoms with Gasteiger partial charge in [0.25, 0.3) is 11.8 Å². The number of carbonyl (C=O) groups is 2. The van der Waals surface area contributed by atoms with Gasteiger partial charge in [0.15, 0.2) is 0 Å². The highest BCUT2D eigenvalue weighted by atomic mass is 35.5. The number of benzene rings is 2. The maximum absolute atomic E-state index is 12.4. The summed E-state index contributed by atoms with van der Waals surface area (Å²) in [6.07, 6.45) is -0.756. The van der Waals surface area contributed by atoms with Crippen molar-refractivity contribution < 1.29 is 14.7 Å². The lowest BCUT2D eigenvalue weighted by Gasteiger charge is -2.37. The highest BCUT2D eigenvalue weighted by molar-refractivity contribution is 6.21. The number of imide groups is 1. The number of hydrogen-bond acceptors (Lipinski definition) is 5. The molecule has 2 heterocycles. The van der Waals surface area contributed by atoms with Crippen LogP contribution in [0.25, 0.3) is 0 Å². The predicted molar refractivity (Wildman–Crippen MR) is 115 cm³/mol. The molecule has 2 aliphatic rings. The summed E-state index contributed by atoms with van der Waals surface area (Å²) >= 11 is 0. The third kappa shape index (κ3) is 4.45. The number of β-amino-alcohol motifs (C(OH)–C–C–N with tert-alkyl or cyclic N) is 1. The highest BCUT2D eigenvalue weighted by Crippen LogP contribution is 2.23. The van der Waals surface area contributed by atoms with Crippen LogP contribution in [0.3, 0.4) is 0 Å². The minimum atomic E-state index is -0.756. The first-order chi connectivity index (χ1) is 13.5. The number of anilines is 1. The lowest BCUT2D eigenvalue weighted by Crippen LogP contribution is -2.50. The summed E-state index contributed by atoms with van der Waals surface area (Å²) in [6, 6.07) is 15.3. The SMILES string of the molecule is Cc1ccc(N2CCN(CC(O)CN3C(=O)c4ccccc4C3=O)CC2)cc1.Cl. The van der Waals surface area contributed by atoms with Crippen LogP contribution in [0, 0.1) is 6.92 Å². The van der Waals surface area contributed by atoms with Gasteiger partial charge >= 0.3 is 0 Å². The number of fused-ring (bicyclic) bond motifs is 1. The molecule has 0 spiro atoms. The first kappa shape index (κ1) is 21.3. The monoisotopic (exact) mass is 415 g/mol. The van der Waals surface area contributed by atoms with Crippen LogP contribution >= 0.6 is 12.4 Å². The van der Waals surface area contributed by atoms with Gasteiger partial charge in [-0.05, 0) is 31.2 Å². The molecule has 0 saturated carbocycles. The van der Waals surface area contributed by atoms with Crippen LogP contribution in [-0.2, 0) is 0 Å². The molecular formula is C22H26ClN3O3. The molecule has 2 amide bonds. The summed E-state index contributed by atoms with van der Waals surface area (Å²) in [7, 11) is 0. The number of aliphatic hydroxyl groups is 1.